The number of amides is 1. The fourth-order valence-corrected chi connectivity index (χ4v) is 2.75. The molecule has 2 rings (SSSR count). The zero-order valence-electron chi connectivity index (χ0n) is 12.9. The Kier molecular flexibility index (Phi) is 5.76. The van der Waals surface area contributed by atoms with Crippen LogP contribution in [0.4, 0.5) is 20.2 Å². The Balaban J connectivity index is 2.11. The molecule has 0 fully saturated rings. The second kappa shape index (κ2) is 7.62. The Labute approximate surface area is 148 Å². The molecule has 0 unspecified atom stereocenters. The van der Waals surface area contributed by atoms with Crippen molar-refractivity contribution in [1.29, 1.82) is 0 Å². The number of halogens is 3. The van der Waals surface area contributed by atoms with E-state index in [4.69, 9.17) is 11.6 Å². The zero-order valence-corrected chi connectivity index (χ0v) is 14.5. The van der Waals surface area contributed by atoms with E-state index in [9.17, 15) is 22.0 Å². The lowest BCUT2D eigenvalue weighted by Gasteiger charge is -2.08. The molecule has 0 bridgehead atoms. The van der Waals surface area contributed by atoms with Crippen molar-refractivity contribution in [3.8, 4) is 0 Å². The van der Waals surface area contributed by atoms with Gasteiger partial charge in [-0.05, 0) is 36.4 Å². The average molecular weight is 387 g/mol. The van der Waals surface area contributed by atoms with Crippen LogP contribution in [0.1, 0.15) is 5.56 Å². The van der Waals surface area contributed by atoms with Crippen molar-refractivity contribution < 1.29 is 22.0 Å². The van der Waals surface area contributed by atoms with Crippen molar-refractivity contribution in [1.82, 2.24) is 0 Å². The third kappa shape index (κ3) is 5.54. The lowest BCUT2D eigenvalue weighted by Crippen LogP contribution is -2.11. The molecule has 0 saturated carbocycles. The molecule has 9 heteroatoms. The molecule has 5 nitrogen and oxygen atoms in total. The summed E-state index contributed by atoms with van der Waals surface area (Å²) in [4.78, 5) is 11.8. The molecule has 0 saturated heterocycles. The molecule has 0 aromatic heterocycles. The van der Waals surface area contributed by atoms with Crippen molar-refractivity contribution in [2.45, 2.75) is 0 Å². The summed E-state index contributed by atoms with van der Waals surface area (Å²) in [6, 6.07) is 7.51. The Hall–Kier alpha value is -2.45. The number of anilines is 2. The first-order valence-electron chi connectivity index (χ1n) is 6.86. The predicted molar refractivity (Wildman–Crippen MR) is 93.9 cm³/mol. The number of sulfonamides is 1. The normalized spacial score (nSPS) is 11.5. The van der Waals surface area contributed by atoms with Gasteiger partial charge >= 0.3 is 0 Å². The first-order valence-corrected chi connectivity index (χ1v) is 9.13. The van der Waals surface area contributed by atoms with Crippen LogP contribution in [0.5, 0.6) is 0 Å². The van der Waals surface area contributed by atoms with Gasteiger partial charge in [0.05, 0.1) is 17.0 Å². The molecule has 0 radical (unpaired) electrons. The van der Waals surface area contributed by atoms with E-state index in [-0.39, 0.29) is 22.0 Å². The van der Waals surface area contributed by atoms with Gasteiger partial charge in [0.2, 0.25) is 15.9 Å². The van der Waals surface area contributed by atoms with Crippen LogP contribution in [0.15, 0.2) is 42.5 Å². The minimum atomic E-state index is -3.49. The third-order valence-electron chi connectivity index (χ3n) is 2.93. The zero-order chi connectivity index (χ0) is 18.6. The van der Waals surface area contributed by atoms with E-state index in [1.807, 2.05) is 0 Å². The minimum Gasteiger partial charge on any atom is -0.322 e. The van der Waals surface area contributed by atoms with Gasteiger partial charge < -0.3 is 5.32 Å². The van der Waals surface area contributed by atoms with Gasteiger partial charge in [-0.25, -0.2) is 17.2 Å². The first-order chi connectivity index (χ1) is 11.7. The highest BCUT2D eigenvalue weighted by Crippen LogP contribution is 2.26. The molecule has 25 heavy (non-hydrogen) atoms. The second-order valence-electron chi connectivity index (χ2n) is 5.03. The maximum absolute atomic E-state index is 13.5. The van der Waals surface area contributed by atoms with E-state index in [2.05, 4.69) is 10.0 Å². The summed E-state index contributed by atoms with van der Waals surface area (Å²) < 4.78 is 51.5. The topological polar surface area (TPSA) is 75.3 Å². The number of carbonyl (C=O) groups is 1. The van der Waals surface area contributed by atoms with Crippen LogP contribution in [-0.4, -0.2) is 20.6 Å². The van der Waals surface area contributed by atoms with Crippen molar-refractivity contribution in [2.75, 3.05) is 16.3 Å². The van der Waals surface area contributed by atoms with Gasteiger partial charge in [0.25, 0.3) is 0 Å². The van der Waals surface area contributed by atoms with Crippen LogP contribution in [0.3, 0.4) is 0 Å². The molecule has 0 aliphatic heterocycles. The van der Waals surface area contributed by atoms with Gasteiger partial charge in [0.1, 0.15) is 11.6 Å². The van der Waals surface area contributed by atoms with Gasteiger partial charge in [-0.15, -0.1) is 0 Å². The van der Waals surface area contributed by atoms with Crippen molar-refractivity contribution in [3.05, 3.63) is 64.7 Å². The minimum absolute atomic E-state index is 0.0763. The Morgan fingerprint density at radius 1 is 1.16 bits per heavy atom. The maximum atomic E-state index is 13.5. The first kappa shape index (κ1) is 18.9. The van der Waals surface area contributed by atoms with Crippen molar-refractivity contribution in [2.24, 2.45) is 0 Å². The number of benzene rings is 2. The van der Waals surface area contributed by atoms with Gasteiger partial charge in [0, 0.05) is 17.3 Å². The van der Waals surface area contributed by atoms with E-state index in [0.717, 1.165) is 30.5 Å². The molecule has 0 aliphatic rings. The SMILES string of the molecule is CS(=O)(=O)Nc1ccc(NC(=O)C=Cc2c(F)cccc2F)cc1Cl. The molecule has 2 N–H and O–H groups in total. The summed E-state index contributed by atoms with van der Waals surface area (Å²) >= 11 is 5.94. The number of rotatable bonds is 5. The molecule has 1 amide bonds. The van der Waals surface area contributed by atoms with Gasteiger partial charge in [-0.1, -0.05) is 17.7 Å². The van der Waals surface area contributed by atoms with Crippen molar-refractivity contribution >= 4 is 45.0 Å². The van der Waals surface area contributed by atoms with E-state index in [1.165, 1.54) is 24.3 Å². The van der Waals surface area contributed by atoms with Gasteiger partial charge in [-0.3, -0.25) is 9.52 Å². The molecule has 0 atom stereocenters. The number of hydrogen-bond acceptors (Lipinski definition) is 3. The molecule has 0 spiro atoms. The summed E-state index contributed by atoms with van der Waals surface area (Å²) in [6.45, 7) is 0. The smallest absolute Gasteiger partial charge is 0.248 e. The lowest BCUT2D eigenvalue weighted by molar-refractivity contribution is -0.111. The Morgan fingerprint density at radius 3 is 2.36 bits per heavy atom. The van der Waals surface area contributed by atoms with E-state index < -0.39 is 27.6 Å². The van der Waals surface area contributed by atoms with Gasteiger partial charge in [0.15, 0.2) is 0 Å². The third-order valence-corrected chi connectivity index (χ3v) is 3.84. The van der Waals surface area contributed by atoms with E-state index >= 15 is 0 Å². The monoisotopic (exact) mass is 386 g/mol. The van der Waals surface area contributed by atoms with Crippen LogP contribution in [0.25, 0.3) is 6.08 Å². The van der Waals surface area contributed by atoms with Crippen LogP contribution in [0.2, 0.25) is 5.02 Å². The largest absolute Gasteiger partial charge is 0.322 e. The highest BCUT2D eigenvalue weighted by molar-refractivity contribution is 7.92. The Bertz CT molecular complexity index is 926. The van der Waals surface area contributed by atoms with Crippen molar-refractivity contribution in [3.63, 3.8) is 0 Å². The molecule has 132 valence electrons. The summed E-state index contributed by atoms with van der Waals surface area (Å²) in [5, 5.41) is 2.53. The van der Waals surface area contributed by atoms with E-state index in [1.54, 1.807) is 0 Å². The van der Waals surface area contributed by atoms with Crippen LogP contribution in [-0.2, 0) is 14.8 Å². The Morgan fingerprint density at radius 2 is 1.80 bits per heavy atom. The van der Waals surface area contributed by atoms with Crippen LogP contribution < -0.4 is 10.0 Å². The lowest BCUT2D eigenvalue weighted by atomic mass is 10.2. The number of carbonyl (C=O) groups excluding carboxylic acids is 1. The average Bonchev–Trinajstić information content (AvgIpc) is 2.48. The highest BCUT2D eigenvalue weighted by Gasteiger charge is 2.09. The molecule has 0 aliphatic carbocycles. The fraction of sp³-hybridized carbons (Fsp3) is 0.0625. The van der Waals surface area contributed by atoms with Crippen LogP contribution >= 0.6 is 11.6 Å². The van der Waals surface area contributed by atoms with Crippen LogP contribution in [0, 0.1) is 11.6 Å². The highest BCUT2D eigenvalue weighted by atomic mass is 35.5. The summed E-state index contributed by atoms with van der Waals surface area (Å²) in [7, 11) is -3.49. The predicted octanol–water partition coefficient (Wildman–Crippen LogP) is 3.64. The molecule has 0 heterocycles. The molecular weight excluding hydrogens is 374 g/mol. The molecule has 2 aromatic rings. The second-order valence-corrected chi connectivity index (χ2v) is 7.18. The molecule has 2 aromatic carbocycles. The summed E-state index contributed by atoms with van der Waals surface area (Å²) in [6.07, 6.45) is 2.96. The number of nitrogens with one attached hydrogen (secondary N) is 2. The maximum Gasteiger partial charge on any atom is 0.248 e. The quantitative estimate of drug-likeness (QED) is 0.770. The number of hydrogen-bond donors (Lipinski definition) is 2. The standard InChI is InChI=1S/C16H13ClF2N2O3S/c1-25(23,24)21-15-7-5-10(9-12(15)17)20-16(22)8-6-11-13(18)3-2-4-14(11)19/h2-9,21H,1H3,(H,20,22). The van der Waals surface area contributed by atoms with E-state index in [0.29, 0.717) is 0 Å². The summed E-state index contributed by atoms with van der Waals surface area (Å²) in [5.74, 6) is -2.21. The fourth-order valence-electron chi connectivity index (χ4n) is 1.89. The molecular formula is C16H13ClF2N2O3S. The van der Waals surface area contributed by atoms with Gasteiger partial charge in [-0.2, -0.15) is 0 Å². The summed E-state index contributed by atoms with van der Waals surface area (Å²) in [5.41, 5.74) is 0.113.